The SMILES string of the molecule is CCCCOc1ccc(-c2noc(N)c2C(C)C)cc1. The van der Waals surface area contributed by atoms with Crippen molar-refractivity contribution in [2.45, 2.75) is 39.5 Å². The number of anilines is 1. The van der Waals surface area contributed by atoms with Gasteiger partial charge in [-0.1, -0.05) is 32.3 Å². The predicted molar refractivity (Wildman–Crippen MR) is 80.8 cm³/mol. The van der Waals surface area contributed by atoms with Crippen LogP contribution in [0.2, 0.25) is 0 Å². The van der Waals surface area contributed by atoms with Gasteiger partial charge < -0.3 is 15.0 Å². The Labute approximate surface area is 119 Å². The lowest BCUT2D eigenvalue weighted by atomic mass is 9.99. The molecule has 0 spiro atoms. The molecular formula is C16H22N2O2. The Morgan fingerprint density at radius 1 is 1.25 bits per heavy atom. The third-order valence-electron chi connectivity index (χ3n) is 3.23. The molecular weight excluding hydrogens is 252 g/mol. The zero-order chi connectivity index (χ0) is 14.5. The monoisotopic (exact) mass is 274 g/mol. The number of nitrogens with zero attached hydrogens (tertiary/aromatic N) is 1. The maximum atomic E-state index is 5.84. The van der Waals surface area contributed by atoms with Gasteiger partial charge in [-0.3, -0.25) is 0 Å². The zero-order valence-corrected chi connectivity index (χ0v) is 12.3. The van der Waals surface area contributed by atoms with Crippen LogP contribution in [0.5, 0.6) is 5.75 Å². The molecule has 0 amide bonds. The fraction of sp³-hybridized carbons (Fsp3) is 0.438. The van der Waals surface area contributed by atoms with E-state index in [-0.39, 0.29) is 5.92 Å². The number of ether oxygens (including phenoxy) is 1. The lowest BCUT2D eigenvalue weighted by Crippen LogP contribution is -1.97. The van der Waals surface area contributed by atoms with Gasteiger partial charge in [0.25, 0.3) is 0 Å². The van der Waals surface area contributed by atoms with E-state index in [1.807, 2.05) is 24.3 Å². The lowest BCUT2D eigenvalue weighted by molar-refractivity contribution is 0.309. The number of unbranched alkanes of at least 4 members (excludes halogenated alkanes) is 1. The minimum Gasteiger partial charge on any atom is -0.494 e. The maximum absolute atomic E-state index is 5.84. The molecule has 4 heteroatoms. The summed E-state index contributed by atoms with van der Waals surface area (Å²) in [6.45, 7) is 7.06. The van der Waals surface area contributed by atoms with Crippen LogP contribution in [-0.2, 0) is 0 Å². The molecule has 1 aromatic heterocycles. The summed E-state index contributed by atoms with van der Waals surface area (Å²) in [7, 11) is 0. The molecule has 0 aliphatic rings. The van der Waals surface area contributed by atoms with E-state index in [0.717, 1.165) is 42.0 Å². The van der Waals surface area contributed by atoms with Gasteiger partial charge in [-0.15, -0.1) is 0 Å². The lowest BCUT2D eigenvalue weighted by Gasteiger charge is -2.07. The summed E-state index contributed by atoms with van der Waals surface area (Å²) in [5.74, 6) is 1.56. The van der Waals surface area contributed by atoms with E-state index in [9.17, 15) is 0 Å². The molecule has 0 unspecified atom stereocenters. The van der Waals surface area contributed by atoms with Gasteiger partial charge in [-0.2, -0.15) is 0 Å². The van der Waals surface area contributed by atoms with Crippen LogP contribution < -0.4 is 10.5 Å². The summed E-state index contributed by atoms with van der Waals surface area (Å²) in [6.07, 6.45) is 2.20. The number of hydrogen-bond donors (Lipinski definition) is 1. The maximum Gasteiger partial charge on any atom is 0.226 e. The molecule has 0 aliphatic heterocycles. The molecule has 0 atom stereocenters. The topological polar surface area (TPSA) is 61.3 Å². The number of aromatic nitrogens is 1. The van der Waals surface area contributed by atoms with Gasteiger partial charge in [0.2, 0.25) is 5.88 Å². The van der Waals surface area contributed by atoms with E-state index in [2.05, 4.69) is 25.9 Å². The molecule has 2 N–H and O–H groups in total. The van der Waals surface area contributed by atoms with Gasteiger partial charge >= 0.3 is 0 Å². The molecule has 0 saturated carbocycles. The highest BCUT2D eigenvalue weighted by Crippen LogP contribution is 2.33. The summed E-state index contributed by atoms with van der Waals surface area (Å²) in [5, 5.41) is 4.07. The van der Waals surface area contributed by atoms with Gasteiger partial charge in [0.1, 0.15) is 11.4 Å². The third-order valence-corrected chi connectivity index (χ3v) is 3.23. The van der Waals surface area contributed by atoms with Gasteiger partial charge in [0.15, 0.2) is 0 Å². The average molecular weight is 274 g/mol. The molecule has 0 bridgehead atoms. The number of benzene rings is 1. The molecule has 0 saturated heterocycles. The summed E-state index contributed by atoms with van der Waals surface area (Å²) in [4.78, 5) is 0. The third kappa shape index (κ3) is 3.13. The predicted octanol–water partition coefficient (Wildman–Crippen LogP) is 4.23. The fourth-order valence-corrected chi connectivity index (χ4v) is 2.12. The quantitative estimate of drug-likeness (QED) is 0.801. The molecule has 4 nitrogen and oxygen atoms in total. The van der Waals surface area contributed by atoms with Crippen LogP contribution in [0.3, 0.4) is 0 Å². The van der Waals surface area contributed by atoms with Crippen molar-refractivity contribution >= 4 is 5.88 Å². The van der Waals surface area contributed by atoms with Crippen LogP contribution in [0.15, 0.2) is 28.8 Å². The Morgan fingerprint density at radius 3 is 2.55 bits per heavy atom. The van der Waals surface area contributed by atoms with Crippen LogP contribution >= 0.6 is 0 Å². The second kappa shape index (κ2) is 6.46. The van der Waals surface area contributed by atoms with Crippen molar-refractivity contribution in [1.29, 1.82) is 0 Å². The first kappa shape index (κ1) is 14.4. The Balaban J connectivity index is 2.18. The minimum absolute atomic E-state index is 0.275. The highest BCUT2D eigenvalue weighted by molar-refractivity contribution is 5.68. The van der Waals surface area contributed by atoms with Crippen LogP contribution in [0, 0.1) is 0 Å². The second-order valence-corrected chi connectivity index (χ2v) is 5.19. The van der Waals surface area contributed by atoms with Crippen LogP contribution in [0.25, 0.3) is 11.3 Å². The molecule has 2 rings (SSSR count). The molecule has 0 fully saturated rings. The summed E-state index contributed by atoms with van der Waals surface area (Å²) < 4.78 is 10.8. The number of nitrogens with two attached hydrogens (primary N) is 1. The average Bonchev–Trinajstić information content (AvgIpc) is 2.82. The second-order valence-electron chi connectivity index (χ2n) is 5.19. The Morgan fingerprint density at radius 2 is 1.95 bits per heavy atom. The molecule has 0 radical (unpaired) electrons. The van der Waals surface area contributed by atoms with E-state index >= 15 is 0 Å². The Hall–Kier alpha value is -1.97. The summed E-state index contributed by atoms with van der Waals surface area (Å²) >= 11 is 0. The van der Waals surface area contributed by atoms with Crippen molar-refractivity contribution in [3.63, 3.8) is 0 Å². The molecule has 2 aromatic rings. The standard InChI is InChI=1S/C16H22N2O2/c1-4-5-10-19-13-8-6-12(7-9-13)15-14(11(2)3)16(17)20-18-15/h6-9,11H,4-5,10,17H2,1-3H3. The summed E-state index contributed by atoms with van der Waals surface area (Å²) in [5.41, 5.74) is 8.61. The molecule has 1 aromatic carbocycles. The fourth-order valence-electron chi connectivity index (χ4n) is 2.12. The number of hydrogen-bond acceptors (Lipinski definition) is 4. The Bertz CT molecular complexity index is 544. The smallest absolute Gasteiger partial charge is 0.226 e. The van der Waals surface area contributed by atoms with E-state index in [0.29, 0.717) is 5.88 Å². The first-order valence-corrected chi connectivity index (χ1v) is 7.11. The van der Waals surface area contributed by atoms with Crippen molar-refractivity contribution in [2.75, 3.05) is 12.3 Å². The molecule has 20 heavy (non-hydrogen) atoms. The van der Waals surface area contributed by atoms with Gasteiger partial charge in [-0.25, -0.2) is 0 Å². The first-order chi connectivity index (χ1) is 9.63. The first-order valence-electron chi connectivity index (χ1n) is 7.11. The van der Waals surface area contributed by atoms with Crippen molar-refractivity contribution in [3.8, 4) is 17.0 Å². The van der Waals surface area contributed by atoms with Crippen LogP contribution in [-0.4, -0.2) is 11.8 Å². The van der Waals surface area contributed by atoms with Crippen molar-refractivity contribution in [3.05, 3.63) is 29.8 Å². The minimum atomic E-state index is 0.275. The highest BCUT2D eigenvalue weighted by Gasteiger charge is 2.18. The van der Waals surface area contributed by atoms with Gasteiger partial charge in [0, 0.05) is 11.1 Å². The van der Waals surface area contributed by atoms with Crippen molar-refractivity contribution in [1.82, 2.24) is 5.16 Å². The normalized spacial score (nSPS) is 11.0. The largest absolute Gasteiger partial charge is 0.494 e. The van der Waals surface area contributed by atoms with Gasteiger partial charge in [-0.05, 0) is 36.6 Å². The molecule has 108 valence electrons. The van der Waals surface area contributed by atoms with Crippen molar-refractivity contribution in [2.24, 2.45) is 0 Å². The summed E-state index contributed by atoms with van der Waals surface area (Å²) in [6, 6.07) is 7.90. The molecule has 0 aliphatic carbocycles. The van der Waals surface area contributed by atoms with Crippen LogP contribution in [0.1, 0.15) is 45.1 Å². The Kier molecular flexibility index (Phi) is 4.66. The van der Waals surface area contributed by atoms with E-state index in [1.54, 1.807) is 0 Å². The highest BCUT2D eigenvalue weighted by atomic mass is 16.5. The van der Waals surface area contributed by atoms with E-state index < -0.39 is 0 Å². The van der Waals surface area contributed by atoms with Gasteiger partial charge in [0.05, 0.1) is 6.61 Å². The van der Waals surface area contributed by atoms with Crippen LogP contribution in [0.4, 0.5) is 5.88 Å². The van der Waals surface area contributed by atoms with E-state index in [1.165, 1.54) is 0 Å². The van der Waals surface area contributed by atoms with Crippen molar-refractivity contribution < 1.29 is 9.26 Å². The van der Waals surface area contributed by atoms with E-state index in [4.69, 9.17) is 15.0 Å². The number of rotatable bonds is 6. The zero-order valence-electron chi connectivity index (χ0n) is 12.3. The molecule has 1 heterocycles. The number of nitrogen functional groups attached to an aromatic ring is 1.